The number of phenols is 8. The largest absolute Gasteiger partial charge is 0.507 e. The van der Waals surface area contributed by atoms with Crippen LogP contribution in [0.1, 0.15) is 112 Å². The highest BCUT2D eigenvalue weighted by Crippen LogP contribution is 2.53. The van der Waals surface area contributed by atoms with E-state index >= 15 is 0 Å². The first-order chi connectivity index (χ1) is 32.0. The van der Waals surface area contributed by atoms with E-state index in [0.717, 1.165) is 44.5 Å². The van der Waals surface area contributed by atoms with E-state index in [1.165, 1.54) is 0 Å². The zero-order valence-corrected chi connectivity index (χ0v) is 40.7. The lowest BCUT2D eigenvalue weighted by molar-refractivity contribution is 0.461. The average Bonchev–Trinajstić information content (AvgIpc) is 3.27. The van der Waals surface area contributed by atoms with Crippen LogP contribution in [-0.4, -0.2) is 40.9 Å². The van der Waals surface area contributed by atoms with E-state index in [4.69, 9.17) is 0 Å². The summed E-state index contributed by atoms with van der Waals surface area (Å²) in [6, 6.07) is 22.6. The molecule has 8 N–H and O–H groups in total. The summed E-state index contributed by atoms with van der Waals surface area (Å²) in [4.78, 5) is 0. The Balaban J connectivity index is 1.35. The fraction of sp³-hybridized carbons (Fsp3) is 0.233. The number of aryl methyl sites for hydroxylation is 12. The first-order valence-electron chi connectivity index (χ1n) is 23.0. The van der Waals surface area contributed by atoms with Crippen LogP contribution in [0.15, 0.2) is 72.8 Å². The second kappa shape index (κ2) is 16.0. The Morgan fingerprint density at radius 2 is 0.382 bits per heavy atom. The Hall–Kier alpha value is -7.58. The molecule has 0 spiro atoms. The molecule has 0 heterocycles. The molecule has 0 atom stereocenters. The van der Waals surface area contributed by atoms with Crippen LogP contribution in [0.5, 0.6) is 46.0 Å². The second-order valence-corrected chi connectivity index (χ2v) is 19.5. The Kier molecular flexibility index (Phi) is 10.8. The molecule has 0 aliphatic carbocycles. The van der Waals surface area contributed by atoms with Crippen LogP contribution in [0.4, 0.5) is 0 Å². The molecule has 0 aromatic heterocycles. The van der Waals surface area contributed by atoms with Crippen LogP contribution >= 0.6 is 0 Å². The molecule has 0 radical (unpaired) electrons. The fourth-order valence-corrected chi connectivity index (χ4v) is 11.6. The van der Waals surface area contributed by atoms with Gasteiger partial charge in [-0.3, -0.25) is 0 Å². The summed E-state index contributed by atoms with van der Waals surface area (Å²) >= 11 is 0. The van der Waals surface area contributed by atoms with Crippen LogP contribution in [0.25, 0.3) is 43.1 Å². The predicted octanol–water partition coefficient (Wildman–Crippen LogP) is 14.0. The third kappa shape index (κ3) is 6.63. The Morgan fingerprint density at radius 1 is 0.221 bits per heavy atom. The molecule has 9 aromatic rings. The van der Waals surface area contributed by atoms with Gasteiger partial charge in [0.15, 0.2) is 0 Å². The second-order valence-electron chi connectivity index (χ2n) is 19.5. The van der Waals surface area contributed by atoms with Crippen molar-refractivity contribution in [2.24, 2.45) is 0 Å². The third-order valence-electron chi connectivity index (χ3n) is 14.7. The van der Waals surface area contributed by atoms with Crippen molar-refractivity contribution in [3.63, 3.8) is 0 Å². The summed E-state index contributed by atoms with van der Waals surface area (Å²) in [5.74, 6) is -1.38. The lowest BCUT2D eigenvalue weighted by Gasteiger charge is -2.27. The third-order valence-corrected chi connectivity index (χ3v) is 14.7. The minimum Gasteiger partial charge on any atom is -0.507 e. The van der Waals surface area contributed by atoms with Crippen LogP contribution < -0.4 is 0 Å². The van der Waals surface area contributed by atoms with E-state index in [-0.39, 0.29) is 46.0 Å². The SMILES string of the molecule is Cc1cc(C)c2c(O)c(C(c3ccc(C(c4cc(C)c5c(O)c(C)cc(C)c5c4O)c4cc(C)c5c(O)c(C)cc(C)c5c4O)cc3)c3cc(C)c4c(O)c(C)cc(C)c4c3O)cc(C)c2c1O. The van der Waals surface area contributed by atoms with Gasteiger partial charge in [-0.2, -0.15) is 0 Å². The molecule has 68 heavy (non-hydrogen) atoms. The summed E-state index contributed by atoms with van der Waals surface area (Å²) in [7, 11) is 0. The molecule has 0 saturated heterocycles. The molecule has 0 amide bonds. The lowest BCUT2D eigenvalue weighted by Crippen LogP contribution is -2.09. The predicted molar refractivity (Wildman–Crippen MR) is 274 cm³/mol. The van der Waals surface area contributed by atoms with Gasteiger partial charge in [0.1, 0.15) is 46.0 Å². The molecule has 0 aliphatic rings. The van der Waals surface area contributed by atoms with E-state index in [0.29, 0.717) is 98.7 Å². The number of phenolic OH excluding ortho intramolecular Hbond substituents is 8. The normalized spacial score (nSPS) is 12.0. The van der Waals surface area contributed by atoms with Gasteiger partial charge in [-0.25, -0.2) is 0 Å². The molecular weight excluding hydrogens is 849 g/mol. The standard InChI is InChI=1S/C60H58O8/c1-25-17-33(9)53(61)43-29(5)21-39(57(65)47(25)43)51(40-22-30(6)44-48(58(40)66)26(2)18-34(10)54(44)62)37-13-15-38(16-14-37)52(41-23-31(7)45-49(59(41)67)27(3)19-35(11)55(45)63)42-24-32(8)46-50(60(42)68)28(4)20-36(12)56(46)64/h13-24,51-52,61-68H,1-12H3. The van der Waals surface area contributed by atoms with E-state index in [2.05, 4.69) is 0 Å². The highest BCUT2D eigenvalue weighted by molar-refractivity contribution is 6.03. The number of hydrogen-bond acceptors (Lipinski definition) is 8. The molecule has 8 heteroatoms. The minimum absolute atomic E-state index is 0.0400. The van der Waals surface area contributed by atoms with Crippen LogP contribution in [0.2, 0.25) is 0 Å². The summed E-state index contributed by atoms with van der Waals surface area (Å²) in [6.45, 7) is 22.5. The summed E-state index contributed by atoms with van der Waals surface area (Å²) in [6.07, 6.45) is 0. The molecule has 9 rings (SSSR count). The summed E-state index contributed by atoms with van der Waals surface area (Å²) < 4.78 is 0. The maximum Gasteiger partial charge on any atom is 0.127 e. The number of hydrogen-bond donors (Lipinski definition) is 8. The number of fused-ring (bicyclic) bond motifs is 4. The number of rotatable bonds is 6. The van der Waals surface area contributed by atoms with Gasteiger partial charge < -0.3 is 40.9 Å². The van der Waals surface area contributed by atoms with Gasteiger partial charge in [-0.1, -0.05) is 72.8 Å². The molecule has 0 unspecified atom stereocenters. The van der Waals surface area contributed by atoms with Crippen molar-refractivity contribution in [2.45, 2.75) is 94.9 Å². The van der Waals surface area contributed by atoms with Crippen LogP contribution in [0.3, 0.4) is 0 Å². The van der Waals surface area contributed by atoms with Crippen molar-refractivity contribution in [3.8, 4) is 46.0 Å². The van der Waals surface area contributed by atoms with Crippen molar-refractivity contribution >= 4 is 43.1 Å². The maximum atomic E-state index is 12.5. The zero-order valence-electron chi connectivity index (χ0n) is 40.7. The smallest absolute Gasteiger partial charge is 0.127 e. The van der Waals surface area contributed by atoms with E-state index in [1.807, 2.05) is 156 Å². The quantitative estimate of drug-likeness (QED) is 0.0765. The van der Waals surface area contributed by atoms with Crippen LogP contribution in [0, 0.1) is 83.1 Å². The molecule has 9 aromatic carbocycles. The first-order valence-corrected chi connectivity index (χ1v) is 23.0. The number of aromatic hydroxyl groups is 8. The van der Waals surface area contributed by atoms with Crippen molar-refractivity contribution in [1.82, 2.24) is 0 Å². The Labute approximate surface area is 396 Å². The van der Waals surface area contributed by atoms with Gasteiger partial charge in [-0.05, 0) is 161 Å². The molecular formula is C60H58O8. The van der Waals surface area contributed by atoms with Crippen molar-refractivity contribution in [3.05, 3.63) is 173 Å². The van der Waals surface area contributed by atoms with Crippen LogP contribution in [-0.2, 0) is 0 Å². The molecule has 346 valence electrons. The van der Waals surface area contributed by atoms with Crippen molar-refractivity contribution in [2.75, 3.05) is 0 Å². The molecule has 0 fully saturated rings. The van der Waals surface area contributed by atoms with Gasteiger partial charge in [0, 0.05) is 77.2 Å². The summed E-state index contributed by atoms with van der Waals surface area (Å²) in [5.41, 5.74) is 12.2. The summed E-state index contributed by atoms with van der Waals surface area (Å²) in [5, 5.41) is 99.5. The van der Waals surface area contributed by atoms with Gasteiger partial charge >= 0.3 is 0 Å². The van der Waals surface area contributed by atoms with Gasteiger partial charge in [0.25, 0.3) is 0 Å². The molecule has 0 aliphatic heterocycles. The lowest BCUT2D eigenvalue weighted by atomic mass is 9.77. The van der Waals surface area contributed by atoms with Gasteiger partial charge in [-0.15, -0.1) is 0 Å². The van der Waals surface area contributed by atoms with Crippen molar-refractivity contribution < 1.29 is 40.9 Å². The zero-order chi connectivity index (χ0) is 49.3. The van der Waals surface area contributed by atoms with E-state index in [9.17, 15) is 40.9 Å². The maximum absolute atomic E-state index is 12.5. The molecule has 0 saturated carbocycles. The minimum atomic E-state index is -0.783. The molecule has 0 bridgehead atoms. The first kappa shape index (κ1) is 45.6. The fourth-order valence-electron chi connectivity index (χ4n) is 11.6. The van der Waals surface area contributed by atoms with Gasteiger partial charge in [0.2, 0.25) is 0 Å². The Bertz CT molecular complexity index is 3210. The Morgan fingerprint density at radius 3 is 0.574 bits per heavy atom. The van der Waals surface area contributed by atoms with Gasteiger partial charge in [0.05, 0.1) is 0 Å². The topological polar surface area (TPSA) is 162 Å². The highest BCUT2D eigenvalue weighted by atomic mass is 16.3. The monoisotopic (exact) mass is 906 g/mol. The number of benzene rings is 9. The average molecular weight is 907 g/mol. The van der Waals surface area contributed by atoms with E-state index < -0.39 is 11.8 Å². The molecule has 8 nitrogen and oxygen atoms in total. The van der Waals surface area contributed by atoms with E-state index in [1.54, 1.807) is 0 Å². The highest BCUT2D eigenvalue weighted by Gasteiger charge is 2.32. The van der Waals surface area contributed by atoms with Crippen molar-refractivity contribution in [1.29, 1.82) is 0 Å².